The lowest BCUT2D eigenvalue weighted by Crippen LogP contribution is -2.26. The van der Waals surface area contributed by atoms with E-state index >= 15 is 0 Å². The van der Waals surface area contributed by atoms with Gasteiger partial charge in [-0.15, -0.1) is 0 Å². The molecule has 2 aromatic heterocycles. The summed E-state index contributed by atoms with van der Waals surface area (Å²) in [6, 6.07) is 7.80. The Morgan fingerprint density at radius 1 is 1.27 bits per heavy atom. The molecule has 3 aromatic rings. The Labute approximate surface area is 174 Å². The van der Waals surface area contributed by atoms with E-state index < -0.39 is 0 Å². The average molecular weight is 409 g/mol. The topological polar surface area (TPSA) is 115 Å². The number of nitrogens with two attached hydrogens (primary N) is 1. The molecule has 0 unspecified atom stereocenters. The van der Waals surface area contributed by atoms with Gasteiger partial charge >= 0.3 is 0 Å². The summed E-state index contributed by atoms with van der Waals surface area (Å²) in [7, 11) is 1.85. The van der Waals surface area contributed by atoms with Gasteiger partial charge in [-0.05, 0) is 51.0 Å². The monoisotopic (exact) mass is 409 g/mol. The first kappa shape index (κ1) is 21.0. The molecular formula is C21H24FN7O. The van der Waals surface area contributed by atoms with Crippen molar-refractivity contribution in [2.24, 2.45) is 7.05 Å². The van der Waals surface area contributed by atoms with Crippen LogP contribution in [-0.2, 0) is 24.7 Å². The Bertz CT molecular complexity index is 1110. The van der Waals surface area contributed by atoms with Gasteiger partial charge in [0.05, 0.1) is 23.5 Å². The fourth-order valence-corrected chi connectivity index (χ4v) is 3.33. The number of halogens is 1. The standard InChI is InChI=1S/C21H24FN7O/c1-13-17(14(2)28(3)26-13)11-20(30)25-10-4-5-19-18(12-23)21(24)29(27-19)16-8-6-15(22)7-9-16/h6-9H,4-5,10-11,24H2,1-3H3,(H,25,30). The number of hydrogen-bond donors (Lipinski definition) is 2. The fraction of sp³-hybridized carbons (Fsp3) is 0.333. The van der Waals surface area contributed by atoms with Crippen LogP contribution in [0, 0.1) is 31.0 Å². The molecule has 0 aliphatic heterocycles. The van der Waals surface area contributed by atoms with Gasteiger partial charge in [-0.2, -0.15) is 15.5 Å². The van der Waals surface area contributed by atoms with Crippen LogP contribution in [0.1, 0.15) is 34.6 Å². The predicted octanol–water partition coefficient (Wildman–Crippen LogP) is 2.11. The van der Waals surface area contributed by atoms with Gasteiger partial charge in [-0.1, -0.05) is 0 Å². The quantitative estimate of drug-likeness (QED) is 0.580. The van der Waals surface area contributed by atoms with Crippen molar-refractivity contribution in [1.82, 2.24) is 24.9 Å². The molecule has 0 saturated heterocycles. The highest BCUT2D eigenvalue weighted by Crippen LogP contribution is 2.21. The molecule has 2 heterocycles. The maximum absolute atomic E-state index is 13.2. The summed E-state index contributed by atoms with van der Waals surface area (Å²) in [5, 5.41) is 21.1. The molecule has 3 rings (SSSR count). The van der Waals surface area contributed by atoms with Gasteiger partial charge in [-0.3, -0.25) is 9.48 Å². The Balaban J connectivity index is 1.59. The maximum Gasteiger partial charge on any atom is 0.224 e. The number of benzene rings is 1. The summed E-state index contributed by atoms with van der Waals surface area (Å²) < 4.78 is 16.4. The number of hydrogen-bond acceptors (Lipinski definition) is 5. The highest BCUT2D eigenvalue weighted by Gasteiger charge is 2.17. The average Bonchev–Trinajstić information content (AvgIpc) is 3.16. The fourth-order valence-electron chi connectivity index (χ4n) is 3.33. The molecular weight excluding hydrogens is 385 g/mol. The lowest BCUT2D eigenvalue weighted by atomic mass is 10.1. The zero-order valence-electron chi connectivity index (χ0n) is 17.2. The Morgan fingerprint density at radius 2 is 1.97 bits per heavy atom. The normalized spacial score (nSPS) is 10.8. The van der Waals surface area contributed by atoms with Crippen molar-refractivity contribution in [3.8, 4) is 11.8 Å². The van der Waals surface area contributed by atoms with Crippen LogP contribution in [0.15, 0.2) is 24.3 Å². The van der Waals surface area contributed by atoms with E-state index in [2.05, 4.69) is 21.6 Å². The number of amides is 1. The molecule has 8 nitrogen and oxygen atoms in total. The highest BCUT2D eigenvalue weighted by atomic mass is 19.1. The van der Waals surface area contributed by atoms with Crippen LogP contribution >= 0.6 is 0 Å². The molecule has 1 amide bonds. The van der Waals surface area contributed by atoms with Crippen LogP contribution in [0.25, 0.3) is 5.69 Å². The number of carbonyl (C=O) groups is 1. The van der Waals surface area contributed by atoms with E-state index in [0.29, 0.717) is 36.3 Å². The Hall–Kier alpha value is -3.67. The van der Waals surface area contributed by atoms with Crippen molar-refractivity contribution in [3.63, 3.8) is 0 Å². The maximum atomic E-state index is 13.2. The van der Waals surface area contributed by atoms with Crippen LogP contribution in [0.5, 0.6) is 0 Å². The lowest BCUT2D eigenvalue weighted by molar-refractivity contribution is -0.120. The van der Waals surface area contributed by atoms with E-state index in [0.717, 1.165) is 17.0 Å². The smallest absolute Gasteiger partial charge is 0.224 e. The van der Waals surface area contributed by atoms with E-state index in [9.17, 15) is 14.4 Å². The molecule has 0 bridgehead atoms. The van der Waals surface area contributed by atoms with Gasteiger partial charge in [0.15, 0.2) is 0 Å². The molecule has 0 aliphatic rings. The summed E-state index contributed by atoms with van der Waals surface area (Å²) in [4.78, 5) is 12.3. The second-order valence-corrected chi connectivity index (χ2v) is 7.11. The van der Waals surface area contributed by atoms with Crippen LogP contribution in [-0.4, -0.2) is 32.0 Å². The lowest BCUT2D eigenvalue weighted by Gasteiger charge is -2.05. The number of aryl methyl sites for hydroxylation is 3. The summed E-state index contributed by atoms with van der Waals surface area (Å²) in [6.45, 7) is 4.28. The largest absolute Gasteiger partial charge is 0.382 e. The SMILES string of the molecule is Cc1nn(C)c(C)c1CC(=O)NCCCc1nn(-c2ccc(F)cc2)c(N)c1C#N. The molecule has 0 saturated carbocycles. The minimum absolute atomic E-state index is 0.0777. The second-order valence-electron chi connectivity index (χ2n) is 7.11. The number of carbonyl (C=O) groups excluding carboxylic acids is 1. The number of nitrogens with one attached hydrogen (secondary N) is 1. The molecule has 0 fully saturated rings. The van der Waals surface area contributed by atoms with Gasteiger partial charge in [-0.25, -0.2) is 9.07 Å². The molecule has 0 aliphatic carbocycles. The van der Waals surface area contributed by atoms with Crippen molar-refractivity contribution in [3.05, 3.63) is 58.3 Å². The number of rotatable bonds is 7. The third kappa shape index (κ3) is 4.33. The molecule has 1 aromatic carbocycles. The summed E-state index contributed by atoms with van der Waals surface area (Å²) in [5.41, 5.74) is 10.2. The molecule has 0 atom stereocenters. The highest BCUT2D eigenvalue weighted by molar-refractivity contribution is 5.79. The first-order chi connectivity index (χ1) is 14.3. The van der Waals surface area contributed by atoms with Crippen LogP contribution in [0.3, 0.4) is 0 Å². The number of nitriles is 1. The van der Waals surface area contributed by atoms with Crippen molar-refractivity contribution in [2.75, 3.05) is 12.3 Å². The minimum Gasteiger partial charge on any atom is -0.382 e. The van der Waals surface area contributed by atoms with E-state index in [1.54, 1.807) is 16.8 Å². The van der Waals surface area contributed by atoms with E-state index in [1.807, 2.05) is 20.9 Å². The molecule has 0 spiro atoms. The van der Waals surface area contributed by atoms with Crippen LogP contribution in [0.4, 0.5) is 10.2 Å². The van der Waals surface area contributed by atoms with E-state index in [1.165, 1.54) is 16.8 Å². The van der Waals surface area contributed by atoms with Crippen molar-refractivity contribution < 1.29 is 9.18 Å². The van der Waals surface area contributed by atoms with Gasteiger partial charge in [0.1, 0.15) is 23.3 Å². The Kier molecular flexibility index (Phi) is 6.16. The number of nitrogen functional groups attached to an aromatic ring is 1. The van der Waals surface area contributed by atoms with Crippen molar-refractivity contribution in [2.45, 2.75) is 33.1 Å². The molecule has 0 radical (unpaired) electrons. The van der Waals surface area contributed by atoms with E-state index in [4.69, 9.17) is 5.73 Å². The predicted molar refractivity (Wildman–Crippen MR) is 110 cm³/mol. The van der Waals surface area contributed by atoms with Gasteiger partial charge < -0.3 is 11.1 Å². The number of nitrogens with zero attached hydrogens (tertiary/aromatic N) is 5. The molecule has 3 N–H and O–H groups in total. The zero-order valence-corrected chi connectivity index (χ0v) is 17.2. The summed E-state index contributed by atoms with van der Waals surface area (Å²) in [6.07, 6.45) is 1.36. The first-order valence-corrected chi connectivity index (χ1v) is 9.61. The van der Waals surface area contributed by atoms with Gasteiger partial charge in [0.25, 0.3) is 0 Å². The van der Waals surface area contributed by atoms with E-state index in [-0.39, 0.29) is 24.0 Å². The number of aromatic nitrogens is 4. The Morgan fingerprint density at radius 3 is 2.57 bits per heavy atom. The van der Waals surface area contributed by atoms with Crippen molar-refractivity contribution >= 4 is 11.7 Å². The third-order valence-corrected chi connectivity index (χ3v) is 5.09. The molecule has 9 heteroatoms. The number of anilines is 1. The second kappa shape index (κ2) is 8.78. The van der Waals surface area contributed by atoms with Gasteiger partial charge in [0.2, 0.25) is 5.91 Å². The van der Waals surface area contributed by atoms with Gasteiger partial charge in [0, 0.05) is 24.8 Å². The minimum atomic E-state index is -0.363. The first-order valence-electron chi connectivity index (χ1n) is 9.61. The zero-order chi connectivity index (χ0) is 21.8. The molecule has 156 valence electrons. The summed E-state index contributed by atoms with van der Waals surface area (Å²) >= 11 is 0. The van der Waals surface area contributed by atoms with Crippen LogP contribution in [0.2, 0.25) is 0 Å². The van der Waals surface area contributed by atoms with Crippen LogP contribution < -0.4 is 11.1 Å². The summed E-state index contributed by atoms with van der Waals surface area (Å²) in [5.74, 6) is -0.227. The third-order valence-electron chi connectivity index (χ3n) is 5.09. The molecule has 30 heavy (non-hydrogen) atoms. The van der Waals surface area contributed by atoms with Crippen molar-refractivity contribution in [1.29, 1.82) is 5.26 Å².